The molecule has 1 amide bonds. The molecule has 9 heteroatoms. The molecule has 0 unspecified atom stereocenters. The average molecular weight is 488 g/mol. The zero-order valence-corrected chi connectivity index (χ0v) is 20.0. The SMILES string of the molecule is Cc1ccc(-c2csc3ncn(CCC(=O)NCc4nc(-c5ccncc5)cs4)c(=O)c23)cc1. The molecule has 7 nitrogen and oxygen atoms in total. The van der Waals surface area contributed by atoms with Crippen LogP contribution in [0, 0.1) is 6.92 Å². The zero-order chi connectivity index (χ0) is 23.5. The predicted molar refractivity (Wildman–Crippen MR) is 136 cm³/mol. The number of rotatable bonds is 7. The third-order valence-corrected chi connectivity index (χ3v) is 7.20. The molecule has 0 saturated heterocycles. The van der Waals surface area contributed by atoms with E-state index in [1.165, 1.54) is 33.6 Å². The van der Waals surface area contributed by atoms with Gasteiger partial charge < -0.3 is 5.32 Å². The van der Waals surface area contributed by atoms with E-state index in [1.54, 1.807) is 12.4 Å². The van der Waals surface area contributed by atoms with E-state index in [0.29, 0.717) is 16.8 Å². The Morgan fingerprint density at radius 2 is 1.82 bits per heavy atom. The van der Waals surface area contributed by atoms with Gasteiger partial charge in [-0.05, 0) is 24.6 Å². The number of carbonyl (C=O) groups is 1. The summed E-state index contributed by atoms with van der Waals surface area (Å²) in [6, 6.07) is 11.9. The third-order valence-electron chi connectivity index (χ3n) is 5.47. The first kappa shape index (κ1) is 22.1. The van der Waals surface area contributed by atoms with E-state index >= 15 is 0 Å². The number of thiophene rings is 1. The lowest BCUT2D eigenvalue weighted by atomic mass is 10.1. The first-order valence-corrected chi connectivity index (χ1v) is 12.5. The summed E-state index contributed by atoms with van der Waals surface area (Å²) in [6.45, 7) is 2.64. The second kappa shape index (κ2) is 9.66. The summed E-state index contributed by atoms with van der Waals surface area (Å²) in [5.41, 5.74) is 4.76. The standard InChI is InChI=1S/C25H21N5O2S2/c1-16-2-4-17(5-3-16)19-13-34-24-23(19)25(32)30(15-28-24)11-8-21(31)27-12-22-29-20(14-33-22)18-6-9-26-10-7-18/h2-7,9-10,13-15H,8,11-12H2,1H3,(H,27,31). The summed E-state index contributed by atoms with van der Waals surface area (Å²) in [4.78, 5) is 39.3. The highest BCUT2D eigenvalue weighted by Crippen LogP contribution is 2.30. The molecule has 4 heterocycles. The van der Waals surface area contributed by atoms with Crippen LogP contribution in [0.2, 0.25) is 0 Å². The van der Waals surface area contributed by atoms with Gasteiger partial charge in [0.15, 0.2) is 0 Å². The number of nitrogens with one attached hydrogen (secondary N) is 1. The number of pyridine rings is 1. The number of fused-ring (bicyclic) bond motifs is 1. The normalized spacial score (nSPS) is 11.1. The molecule has 5 rings (SSSR count). The Morgan fingerprint density at radius 1 is 1.03 bits per heavy atom. The van der Waals surface area contributed by atoms with Gasteiger partial charge in [-0.1, -0.05) is 29.8 Å². The molecule has 5 aromatic rings. The number of hydrogen-bond donors (Lipinski definition) is 1. The lowest BCUT2D eigenvalue weighted by Crippen LogP contribution is -2.27. The number of nitrogens with zero attached hydrogens (tertiary/aromatic N) is 4. The van der Waals surface area contributed by atoms with E-state index in [-0.39, 0.29) is 24.4 Å². The van der Waals surface area contributed by atoms with Gasteiger partial charge in [-0.2, -0.15) is 0 Å². The van der Waals surface area contributed by atoms with E-state index in [0.717, 1.165) is 33.0 Å². The largest absolute Gasteiger partial charge is 0.350 e. The summed E-state index contributed by atoms with van der Waals surface area (Å²) in [5.74, 6) is -0.142. The second-order valence-corrected chi connectivity index (χ2v) is 9.63. The van der Waals surface area contributed by atoms with E-state index in [9.17, 15) is 9.59 Å². The van der Waals surface area contributed by atoms with Crippen LogP contribution in [-0.2, 0) is 17.9 Å². The molecule has 0 bridgehead atoms. The smallest absolute Gasteiger partial charge is 0.262 e. The van der Waals surface area contributed by atoms with Crippen LogP contribution in [0.1, 0.15) is 17.0 Å². The number of aromatic nitrogens is 4. The van der Waals surface area contributed by atoms with Crippen LogP contribution < -0.4 is 10.9 Å². The van der Waals surface area contributed by atoms with Crippen LogP contribution in [0.25, 0.3) is 32.6 Å². The summed E-state index contributed by atoms with van der Waals surface area (Å²) >= 11 is 2.95. The second-order valence-electron chi connectivity index (χ2n) is 7.83. The Morgan fingerprint density at radius 3 is 2.62 bits per heavy atom. The van der Waals surface area contributed by atoms with Gasteiger partial charge in [0.25, 0.3) is 5.56 Å². The molecule has 170 valence electrons. The van der Waals surface area contributed by atoms with Crippen molar-refractivity contribution >= 4 is 38.8 Å². The Balaban J connectivity index is 1.24. The Labute approximate surface area is 203 Å². The highest BCUT2D eigenvalue weighted by Gasteiger charge is 2.14. The lowest BCUT2D eigenvalue weighted by Gasteiger charge is -2.07. The number of thiazole rings is 1. The topological polar surface area (TPSA) is 89.8 Å². The molecule has 0 radical (unpaired) electrons. The maximum Gasteiger partial charge on any atom is 0.262 e. The molecule has 4 aromatic heterocycles. The van der Waals surface area contributed by atoms with Gasteiger partial charge in [-0.15, -0.1) is 22.7 Å². The summed E-state index contributed by atoms with van der Waals surface area (Å²) in [5, 5.41) is 8.24. The van der Waals surface area contributed by atoms with Crippen LogP contribution in [0.5, 0.6) is 0 Å². The molecule has 0 aliphatic carbocycles. The van der Waals surface area contributed by atoms with Gasteiger partial charge in [0.05, 0.1) is 24.0 Å². The molecule has 1 N–H and O–H groups in total. The molecule has 0 atom stereocenters. The van der Waals surface area contributed by atoms with Crippen LogP contribution in [0.4, 0.5) is 0 Å². The predicted octanol–water partition coefficient (Wildman–Crippen LogP) is 4.66. The molecular weight excluding hydrogens is 466 g/mol. The highest BCUT2D eigenvalue weighted by molar-refractivity contribution is 7.17. The Kier molecular flexibility index (Phi) is 6.29. The van der Waals surface area contributed by atoms with Crippen LogP contribution in [0.3, 0.4) is 0 Å². The maximum absolute atomic E-state index is 13.2. The number of hydrogen-bond acceptors (Lipinski definition) is 7. The van der Waals surface area contributed by atoms with Gasteiger partial charge in [-0.25, -0.2) is 9.97 Å². The van der Waals surface area contributed by atoms with Crippen molar-refractivity contribution in [1.82, 2.24) is 24.8 Å². The van der Waals surface area contributed by atoms with E-state index in [2.05, 4.69) is 20.3 Å². The van der Waals surface area contributed by atoms with Crippen LogP contribution in [0.15, 0.2) is 70.7 Å². The maximum atomic E-state index is 13.2. The zero-order valence-electron chi connectivity index (χ0n) is 18.4. The number of carbonyl (C=O) groups excluding carboxylic acids is 1. The fourth-order valence-corrected chi connectivity index (χ4v) is 5.25. The van der Waals surface area contributed by atoms with Gasteiger partial charge in [-0.3, -0.25) is 19.1 Å². The molecule has 34 heavy (non-hydrogen) atoms. The van der Waals surface area contributed by atoms with Crippen molar-refractivity contribution in [3.8, 4) is 22.4 Å². The van der Waals surface area contributed by atoms with Crippen molar-refractivity contribution in [2.45, 2.75) is 26.4 Å². The monoisotopic (exact) mass is 487 g/mol. The number of amides is 1. The third kappa shape index (κ3) is 4.66. The van der Waals surface area contributed by atoms with Crippen molar-refractivity contribution in [3.05, 3.63) is 86.8 Å². The van der Waals surface area contributed by atoms with Crippen molar-refractivity contribution in [2.24, 2.45) is 0 Å². The van der Waals surface area contributed by atoms with Gasteiger partial charge >= 0.3 is 0 Å². The first-order valence-electron chi connectivity index (χ1n) is 10.7. The fourth-order valence-electron chi connectivity index (χ4n) is 3.60. The summed E-state index contributed by atoms with van der Waals surface area (Å²) in [7, 11) is 0. The summed E-state index contributed by atoms with van der Waals surface area (Å²) < 4.78 is 1.51. The molecule has 0 aliphatic heterocycles. The molecule has 0 saturated carbocycles. The quantitative estimate of drug-likeness (QED) is 0.361. The van der Waals surface area contributed by atoms with E-state index < -0.39 is 0 Å². The van der Waals surface area contributed by atoms with Crippen molar-refractivity contribution in [1.29, 1.82) is 0 Å². The molecule has 0 spiro atoms. The minimum absolute atomic E-state index is 0.128. The highest BCUT2D eigenvalue weighted by atomic mass is 32.1. The van der Waals surface area contributed by atoms with Crippen molar-refractivity contribution in [3.63, 3.8) is 0 Å². The average Bonchev–Trinajstić information content (AvgIpc) is 3.51. The van der Waals surface area contributed by atoms with Crippen molar-refractivity contribution < 1.29 is 4.79 Å². The molecular formula is C25H21N5O2S2. The van der Waals surface area contributed by atoms with Gasteiger partial charge in [0, 0.05) is 47.2 Å². The first-order chi connectivity index (χ1) is 16.6. The lowest BCUT2D eigenvalue weighted by molar-refractivity contribution is -0.121. The minimum atomic E-state index is -0.142. The molecule has 1 aromatic carbocycles. The van der Waals surface area contributed by atoms with Gasteiger partial charge in [0.2, 0.25) is 5.91 Å². The molecule has 0 fully saturated rings. The van der Waals surface area contributed by atoms with E-state index in [1.807, 2.05) is 54.1 Å². The van der Waals surface area contributed by atoms with Crippen LogP contribution >= 0.6 is 22.7 Å². The Bertz CT molecular complexity index is 1500. The van der Waals surface area contributed by atoms with Gasteiger partial charge in [0.1, 0.15) is 9.84 Å². The van der Waals surface area contributed by atoms with E-state index in [4.69, 9.17) is 0 Å². The van der Waals surface area contributed by atoms with Crippen LogP contribution in [-0.4, -0.2) is 25.4 Å². The fraction of sp³-hybridized carbons (Fsp3) is 0.160. The number of benzene rings is 1. The molecule has 0 aliphatic rings. The van der Waals surface area contributed by atoms with Crippen molar-refractivity contribution in [2.75, 3.05) is 0 Å². The summed E-state index contributed by atoms with van der Waals surface area (Å²) in [6.07, 6.45) is 5.16. The minimum Gasteiger partial charge on any atom is -0.350 e. The number of aryl methyl sites for hydroxylation is 2. The Hall–Kier alpha value is -3.69.